The van der Waals surface area contributed by atoms with Crippen LogP contribution in [0.2, 0.25) is 5.02 Å². The second-order valence-electron chi connectivity index (χ2n) is 5.51. The molecule has 2 N–H and O–H groups in total. The number of hydrogen-bond acceptors (Lipinski definition) is 3. The molecular weight excluding hydrogens is 320 g/mol. The fourth-order valence-corrected chi connectivity index (χ4v) is 2.53. The molecule has 0 aromatic heterocycles. The van der Waals surface area contributed by atoms with Crippen LogP contribution in [0.15, 0.2) is 24.3 Å². The van der Waals surface area contributed by atoms with E-state index < -0.39 is 11.9 Å². The molecule has 23 heavy (non-hydrogen) atoms. The number of carboxylic acid groups (broad SMARTS) is 1. The Bertz CT molecular complexity index is 535. The lowest BCUT2D eigenvalue weighted by atomic mass is 10.1. The molecule has 0 aliphatic carbocycles. The zero-order valence-electron chi connectivity index (χ0n) is 12.8. The predicted octanol–water partition coefficient (Wildman–Crippen LogP) is 2.62. The van der Waals surface area contributed by atoms with E-state index in [0.717, 1.165) is 18.6 Å². The first-order valence-electron chi connectivity index (χ1n) is 7.70. The van der Waals surface area contributed by atoms with E-state index in [4.69, 9.17) is 21.4 Å². The number of likely N-dealkylation sites (tertiary alicyclic amines) is 1. The van der Waals surface area contributed by atoms with E-state index in [9.17, 15) is 9.59 Å². The van der Waals surface area contributed by atoms with Crippen molar-refractivity contribution in [3.05, 3.63) is 29.3 Å². The molecule has 126 valence electrons. The van der Waals surface area contributed by atoms with Crippen molar-refractivity contribution in [2.75, 3.05) is 26.2 Å². The summed E-state index contributed by atoms with van der Waals surface area (Å²) in [5.74, 6) is -0.497. The van der Waals surface area contributed by atoms with Crippen LogP contribution >= 0.6 is 11.6 Å². The maximum absolute atomic E-state index is 11.9. The van der Waals surface area contributed by atoms with Crippen LogP contribution in [0.1, 0.15) is 19.3 Å². The number of carboxylic acids is 1. The van der Waals surface area contributed by atoms with Crippen LogP contribution in [0, 0.1) is 5.92 Å². The number of amides is 2. The molecule has 0 spiro atoms. The van der Waals surface area contributed by atoms with Gasteiger partial charge in [0.2, 0.25) is 0 Å². The fourth-order valence-electron chi connectivity index (χ4n) is 2.40. The van der Waals surface area contributed by atoms with Crippen molar-refractivity contribution < 1.29 is 19.4 Å². The largest absolute Gasteiger partial charge is 0.494 e. The molecule has 0 bridgehead atoms. The average Bonchev–Trinajstić information content (AvgIpc) is 3.02. The molecule has 1 aromatic carbocycles. The minimum absolute atomic E-state index is 0.188. The average molecular weight is 341 g/mol. The van der Waals surface area contributed by atoms with Gasteiger partial charge in [0.15, 0.2) is 0 Å². The summed E-state index contributed by atoms with van der Waals surface area (Å²) in [5, 5.41) is 12.4. The summed E-state index contributed by atoms with van der Waals surface area (Å²) in [7, 11) is 0. The van der Waals surface area contributed by atoms with Gasteiger partial charge in [-0.3, -0.25) is 4.79 Å². The molecule has 6 nitrogen and oxygen atoms in total. The zero-order chi connectivity index (χ0) is 16.7. The van der Waals surface area contributed by atoms with Crippen LogP contribution in [0.3, 0.4) is 0 Å². The maximum Gasteiger partial charge on any atom is 0.317 e. The first-order valence-corrected chi connectivity index (χ1v) is 8.08. The highest BCUT2D eigenvalue weighted by molar-refractivity contribution is 6.30. The maximum atomic E-state index is 11.9. The molecule has 7 heteroatoms. The number of hydrogen-bond donors (Lipinski definition) is 2. The summed E-state index contributed by atoms with van der Waals surface area (Å²) in [5.41, 5.74) is 0. The molecular formula is C16H21ClN2O4. The van der Waals surface area contributed by atoms with Crippen molar-refractivity contribution in [1.29, 1.82) is 0 Å². The number of nitrogens with zero attached hydrogens (tertiary/aromatic N) is 1. The molecule has 1 saturated heterocycles. The van der Waals surface area contributed by atoms with Crippen LogP contribution in [-0.2, 0) is 4.79 Å². The number of nitrogens with one attached hydrogen (secondary N) is 1. The van der Waals surface area contributed by atoms with Crippen molar-refractivity contribution in [1.82, 2.24) is 10.2 Å². The molecule has 1 fully saturated rings. The molecule has 1 heterocycles. The van der Waals surface area contributed by atoms with Crippen molar-refractivity contribution in [2.24, 2.45) is 5.92 Å². The smallest absolute Gasteiger partial charge is 0.317 e. The van der Waals surface area contributed by atoms with Gasteiger partial charge in [0, 0.05) is 24.7 Å². The van der Waals surface area contributed by atoms with Crippen LogP contribution in [0.4, 0.5) is 4.79 Å². The number of ether oxygens (including phenoxy) is 1. The molecule has 1 aromatic rings. The Morgan fingerprint density at radius 3 is 2.70 bits per heavy atom. The zero-order valence-corrected chi connectivity index (χ0v) is 13.6. The molecule has 2 rings (SSSR count). The van der Waals surface area contributed by atoms with Crippen LogP contribution < -0.4 is 10.1 Å². The van der Waals surface area contributed by atoms with Crippen LogP contribution in [0.5, 0.6) is 5.75 Å². The highest BCUT2D eigenvalue weighted by atomic mass is 35.5. The van der Waals surface area contributed by atoms with Gasteiger partial charge >= 0.3 is 12.0 Å². The van der Waals surface area contributed by atoms with Crippen LogP contribution in [-0.4, -0.2) is 48.2 Å². The minimum Gasteiger partial charge on any atom is -0.494 e. The van der Waals surface area contributed by atoms with E-state index in [-0.39, 0.29) is 6.03 Å². The Morgan fingerprint density at radius 2 is 2.04 bits per heavy atom. The number of aliphatic carboxylic acids is 1. The van der Waals surface area contributed by atoms with Gasteiger partial charge in [-0.15, -0.1) is 0 Å². The summed E-state index contributed by atoms with van der Waals surface area (Å²) in [4.78, 5) is 24.3. The quantitative estimate of drug-likeness (QED) is 0.748. The van der Waals surface area contributed by atoms with E-state index >= 15 is 0 Å². The van der Waals surface area contributed by atoms with E-state index in [1.165, 1.54) is 0 Å². The van der Waals surface area contributed by atoms with Gasteiger partial charge < -0.3 is 20.1 Å². The van der Waals surface area contributed by atoms with E-state index in [1.807, 2.05) is 12.1 Å². The monoisotopic (exact) mass is 340 g/mol. The summed E-state index contributed by atoms with van der Waals surface area (Å²) in [6, 6.07) is 6.99. The summed E-state index contributed by atoms with van der Waals surface area (Å²) in [6.07, 6.45) is 2.15. The van der Waals surface area contributed by atoms with Gasteiger partial charge in [0.05, 0.1) is 12.5 Å². The van der Waals surface area contributed by atoms with Crippen molar-refractivity contribution in [3.63, 3.8) is 0 Å². The van der Waals surface area contributed by atoms with Crippen molar-refractivity contribution in [2.45, 2.75) is 19.3 Å². The molecule has 1 unspecified atom stereocenters. The minimum atomic E-state index is -0.834. The third kappa shape index (κ3) is 5.63. The molecule has 2 amide bonds. The van der Waals surface area contributed by atoms with Gasteiger partial charge in [0.1, 0.15) is 5.75 Å². The van der Waals surface area contributed by atoms with Crippen LogP contribution in [0.25, 0.3) is 0 Å². The molecule has 0 radical (unpaired) electrons. The summed E-state index contributed by atoms with van der Waals surface area (Å²) in [6.45, 7) is 1.92. The third-order valence-electron chi connectivity index (χ3n) is 3.75. The highest BCUT2D eigenvalue weighted by Gasteiger charge is 2.30. The second-order valence-corrected chi connectivity index (χ2v) is 5.95. The van der Waals surface area contributed by atoms with Gasteiger partial charge in [0.25, 0.3) is 0 Å². The number of rotatable bonds is 7. The normalized spacial score (nSPS) is 17.1. The number of carbonyl (C=O) groups excluding carboxylic acids is 1. The SMILES string of the molecule is O=C(O)C1CCN(C(=O)NCCCCOc2ccc(Cl)cc2)C1. The lowest BCUT2D eigenvalue weighted by Crippen LogP contribution is -2.39. The third-order valence-corrected chi connectivity index (χ3v) is 4.01. The first kappa shape index (κ1) is 17.4. The Balaban J connectivity index is 1.54. The van der Waals surface area contributed by atoms with Gasteiger partial charge in [-0.05, 0) is 43.5 Å². The molecule has 1 atom stereocenters. The fraction of sp³-hybridized carbons (Fsp3) is 0.500. The first-order chi connectivity index (χ1) is 11.1. The predicted molar refractivity (Wildman–Crippen MR) is 86.9 cm³/mol. The van der Waals surface area contributed by atoms with Crippen molar-refractivity contribution in [3.8, 4) is 5.75 Å². The molecule has 1 aliphatic rings. The standard InChI is InChI=1S/C16H21ClN2O4/c17-13-3-5-14(6-4-13)23-10-2-1-8-18-16(22)19-9-7-12(11-19)15(20)21/h3-6,12H,1-2,7-11H2,(H,18,22)(H,20,21). The Hall–Kier alpha value is -1.95. The number of unbranched alkanes of at least 4 members (excludes halogenated alkanes) is 1. The van der Waals surface area contributed by atoms with Crippen molar-refractivity contribution >= 4 is 23.6 Å². The topological polar surface area (TPSA) is 78.9 Å². The van der Waals surface area contributed by atoms with E-state index in [1.54, 1.807) is 17.0 Å². The highest BCUT2D eigenvalue weighted by Crippen LogP contribution is 2.16. The Morgan fingerprint density at radius 1 is 1.30 bits per heavy atom. The lowest BCUT2D eigenvalue weighted by Gasteiger charge is -2.16. The Kier molecular flexibility index (Phi) is 6.52. The number of carbonyl (C=O) groups is 2. The summed E-state index contributed by atoms with van der Waals surface area (Å²) < 4.78 is 5.56. The summed E-state index contributed by atoms with van der Waals surface area (Å²) >= 11 is 5.79. The van der Waals surface area contributed by atoms with Gasteiger partial charge in [-0.25, -0.2) is 4.79 Å². The van der Waals surface area contributed by atoms with Gasteiger partial charge in [-0.2, -0.15) is 0 Å². The van der Waals surface area contributed by atoms with E-state index in [0.29, 0.717) is 37.7 Å². The van der Waals surface area contributed by atoms with E-state index in [2.05, 4.69) is 5.32 Å². The number of benzene rings is 1. The molecule has 1 aliphatic heterocycles. The lowest BCUT2D eigenvalue weighted by molar-refractivity contribution is -0.141. The number of urea groups is 1. The van der Waals surface area contributed by atoms with Gasteiger partial charge in [-0.1, -0.05) is 11.6 Å². The number of halogens is 1. The molecule has 0 saturated carbocycles. The Labute approximate surface area is 140 Å². The second kappa shape index (κ2) is 8.62.